The van der Waals surface area contributed by atoms with Crippen LogP contribution in [-0.4, -0.2) is 14.1 Å². The number of nitrogens with zero attached hydrogens (tertiary/aromatic N) is 3. The number of rotatable bonds is 3. The molecule has 0 bridgehead atoms. The SMILES string of the molecule is c1ccc(-n2c3ccc(-c4ccc5c(c4)c4ccccc4n5-c4nc5ccccc5o4)cc3c3c4c(ccc32)sc2ccccc24)cc1. The number of fused-ring (bicyclic) bond motifs is 11. The van der Waals surface area contributed by atoms with Crippen molar-refractivity contribution in [3.63, 3.8) is 0 Å². The van der Waals surface area contributed by atoms with Gasteiger partial charge in [0.1, 0.15) is 5.52 Å². The number of oxazole rings is 1. The number of hydrogen-bond donors (Lipinski definition) is 0. The average molecular weight is 632 g/mol. The summed E-state index contributed by atoms with van der Waals surface area (Å²) in [6.45, 7) is 0. The summed E-state index contributed by atoms with van der Waals surface area (Å²) in [5.74, 6) is 0. The van der Waals surface area contributed by atoms with Crippen molar-refractivity contribution >= 4 is 86.2 Å². The van der Waals surface area contributed by atoms with E-state index in [4.69, 9.17) is 9.40 Å². The molecule has 0 aliphatic carbocycles. The molecule has 11 rings (SSSR count). The molecular formula is C43H25N3OS. The largest absolute Gasteiger partial charge is 0.423 e. The third-order valence-electron chi connectivity index (χ3n) is 9.76. The van der Waals surface area contributed by atoms with E-state index in [0.717, 1.165) is 27.8 Å². The highest BCUT2D eigenvalue weighted by molar-refractivity contribution is 7.26. The van der Waals surface area contributed by atoms with Crippen molar-refractivity contribution in [1.29, 1.82) is 0 Å². The average Bonchev–Trinajstić information content (AvgIpc) is 3.90. The van der Waals surface area contributed by atoms with Crippen molar-refractivity contribution in [2.45, 2.75) is 0 Å². The first-order chi connectivity index (χ1) is 23.8. The van der Waals surface area contributed by atoms with E-state index in [0.29, 0.717) is 6.01 Å². The van der Waals surface area contributed by atoms with Crippen LogP contribution in [0.1, 0.15) is 0 Å². The Morgan fingerprint density at radius 3 is 1.98 bits per heavy atom. The summed E-state index contributed by atoms with van der Waals surface area (Å²) in [7, 11) is 0. The minimum absolute atomic E-state index is 0.581. The van der Waals surface area contributed by atoms with Gasteiger partial charge in [-0.15, -0.1) is 11.3 Å². The molecule has 5 heteroatoms. The summed E-state index contributed by atoms with van der Waals surface area (Å²) in [6, 6.07) is 54.8. The van der Waals surface area contributed by atoms with Crippen LogP contribution >= 0.6 is 11.3 Å². The van der Waals surface area contributed by atoms with Crippen molar-refractivity contribution in [2.75, 3.05) is 0 Å². The van der Waals surface area contributed by atoms with Crippen LogP contribution in [0.3, 0.4) is 0 Å². The maximum atomic E-state index is 6.28. The van der Waals surface area contributed by atoms with Crippen molar-refractivity contribution < 1.29 is 4.42 Å². The molecular weight excluding hydrogens is 607 g/mol. The second-order valence-corrected chi connectivity index (χ2v) is 13.5. The van der Waals surface area contributed by atoms with E-state index in [1.807, 2.05) is 35.6 Å². The van der Waals surface area contributed by atoms with Crippen molar-refractivity contribution in [2.24, 2.45) is 0 Å². The topological polar surface area (TPSA) is 35.9 Å². The van der Waals surface area contributed by atoms with E-state index in [9.17, 15) is 0 Å². The number of hydrogen-bond acceptors (Lipinski definition) is 3. The van der Waals surface area contributed by atoms with E-state index in [2.05, 4.69) is 137 Å². The van der Waals surface area contributed by atoms with E-state index in [1.54, 1.807) is 0 Å². The lowest BCUT2D eigenvalue weighted by atomic mass is 9.99. The van der Waals surface area contributed by atoms with Crippen LogP contribution in [0.25, 0.3) is 97.7 Å². The fraction of sp³-hybridized carbons (Fsp3) is 0. The fourth-order valence-corrected chi connectivity index (χ4v) is 8.79. The zero-order chi connectivity index (χ0) is 31.3. The van der Waals surface area contributed by atoms with Gasteiger partial charge in [0.25, 0.3) is 0 Å². The molecule has 0 fully saturated rings. The summed E-state index contributed by atoms with van der Waals surface area (Å²) in [5.41, 5.74) is 9.73. The van der Waals surface area contributed by atoms with Gasteiger partial charge < -0.3 is 8.98 Å². The Balaban J connectivity index is 1.18. The number of thiophene rings is 1. The van der Waals surface area contributed by atoms with Gasteiger partial charge in [-0.1, -0.05) is 78.9 Å². The van der Waals surface area contributed by atoms with E-state index >= 15 is 0 Å². The third kappa shape index (κ3) is 3.56. The van der Waals surface area contributed by atoms with Crippen LogP contribution in [-0.2, 0) is 0 Å². The maximum Gasteiger partial charge on any atom is 0.307 e. The Labute approximate surface area is 278 Å². The molecule has 7 aromatic carbocycles. The Kier molecular flexibility index (Phi) is 5.23. The van der Waals surface area contributed by atoms with E-state index in [-0.39, 0.29) is 0 Å². The van der Waals surface area contributed by atoms with Gasteiger partial charge in [-0.2, -0.15) is 4.98 Å². The molecule has 0 N–H and O–H groups in total. The second-order valence-electron chi connectivity index (χ2n) is 12.4. The predicted molar refractivity (Wildman–Crippen MR) is 201 cm³/mol. The Bertz CT molecular complexity index is 3030. The quantitative estimate of drug-likeness (QED) is 0.194. The fourth-order valence-electron chi connectivity index (χ4n) is 7.67. The smallest absolute Gasteiger partial charge is 0.307 e. The molecule has 0 aliphatic heterocycles. The number of benzene rings is 7. The minimum atomic E-state index is 0.581. The lowest BCUT2D eigenvalue weighted by molar-refractivity contribution is 0.574. The first kappa shape index (κ1) is 26.0. The standard InChI is InChI=1S/C43H25N3OS/c1-2-10-28(11-3-1)45-36-21-19-27(25-32(36)41-37(45)22-23-40-42(41)30-13-5-9-17-39(30)48-40)26-18-20-35-31(24-26)29-12-4-7-15-34(29)46(35)43-44-33-14-6-8-16-38(33)47-43/h1-25H. The van der Waals surface area contributed by atoms with Gasteiger partial charge in [0, 0.05) is 47.4 Å². The molecule has 11 aromatic rings. The molecule has 0 amide bonds. The van der Waals surface area contributed by atoms with Crippen molar-refractivity contribution in [3.8, 4) is 22.8 Å². The Morgan fingerprint density at radius 1 is 0.458 bits per heavy atom. The zero-order valence-corrected chi connectivity index (χ0v) is 26.4. The molecule has 0 atom stereocenters. The van der Waals surface area contributed by atoms with Gasteiger partial charge in [0.15, 0.2) is 5.58 Å². The third-order valence-corrected chi connectivity index (χ3v) is 10.9. The number of aromatic nitrogens is 3. The molecule has 0 unspecified atom stereocenters. The molecule has 0 spiro atoms. The van der Waals surface area contributed by atoms with Gasteiger partial charge in [-0.05, 0) is 83.9 Å². The van der Waals surface area contributed by atoms with Gasteiger partial charge in [-0.3, -0.25) is 4.57 Å². The number of para-hydroxylation sites is 4. The van der Waals surface area contributed by atoms with E-state index in [1.165, 1.54) is 63.9 Å². The molecule has 48 heavy (non-hydrogen) atoms. The molecule has 4 nitrogen and oxygen atoms in total. The zero-order valence-electron chi connectivity index (χ0n) is 25.6. The highest BCUT2D eigenvalue weighted by Crippen LogP contribution is 2.44. The highest BCUT2D eigenvalue weighted by Gasteiger charge is 2.20. The Hall–Kier alpha value is -6.17. The van der Waals surface area contributed by atoms with Crippen molar-refractivity contribution in [3.05, 3.63) is 152 Å². The molecule has 0 saturated carbocycles. The molecule has 4 heterocycles. The first-order valence-electron chi connectivity index (χ1n) is 16.1. The first-order valence-corrected chi connectivity index (χ1v) is 17.0. The molecule has 0 aliphatic rings. The molecule has 0 saturated heterocycles. The highest BCUT2D eigenvalue weighted by atomic mass is 32.1. The van der Waals surface area contributed by atoms with Crippen LogP contribution in [0.15, 0.2) is 156 Å². The summed E-state index contributed by atoms with van der Waals surface area (Å²) >= 11 is 1.87. The molecule has 224 valence electrons. The Morgan fingerprint density at radius 2 is 1.12 bits per heavy atom. The predicted octanol–water partition coefficient (Wildman–Crippen LogP) is 12.1. The summed E-state index contributed by atoms with van der Waals surface area (Å²) in [5, 5.41) is 7.55. The van der Waals surface area contributed by atoms with Crippen LogP contribution < -0.4 is 0 Å². The lowest BCUT2D eigenvalue weighted by Gasteiger charge is -2.08. The van der Waals surface area contributed by atoms with Gasteiger partial charge >= 0.3 is 6.01 Å². The summed E-state index contributed by atoms with van der Waals surface area (Å²) < 4.78 is 13.5. The van der Waals surface area contributed by atoms with Crippen LogP contribution in [0, 0.1) is 0 Å². The van der Waals surface area contributed by atoms with Crippen LogP contribution in [0.4, 0.5) is 0 Å². The van der Waals surface area contributed by atoms with Gasteiger partial charge in [-0.25, -0.2) is 0 Å². The monoisotopic (exact) mass is 631 g/mol. The normalized spacial score (nSPS) is 12.2. The van der Waals surface area contributed by atoms with E-state index < -0.39 is 0 Å². The van der Waals surface area contributed by atoms with Gasteiger partial charge in [0.05, 0.1) is 22.1 Å². The van der Waals surface area contributed by atoms with Crippen LogP contribution in [0.2, 0.25) is 0 Å². The summed E-state index contributed by atoms with van der Waals surface area (Å²) in [4.78, 5) is 4.86. The van der Waals surface area contributed by atoms with Crippen molar-refractivity contribution in [1.82, 2.24) is 14.1 Å². The summed E-state index contributed by atoms with van der Waals surface area (Å²) in [6.07, 6.45) is 0. The van der Waals surface area contributed by atoms with Crippen LogP contribution in [0.5, 0.6) is 0 Å². The molecule has 0 radical (unpaired) electrons. The van der Waals surface area contributed by atoms with Gasteiger partial charge in [0.2, 0.25) is 0 Å². The minimum Gasteiger partial charge on any atom is -0.423 e. The maximum absolute atomic E-state index is 6.28. The lowest BCUT2D eigenvalue weighted by Crippen LogP contribution is -1.93. The second kappa shape index (κ2) is 9.67. The molecule has 4 aromatic heterocycles.